The Morgan fingerprint density at radius 1 is 0.923 bits per heavy atom. The van der Waals surface area contributed by atoms with Gasteiger partial charge in [0.1, 0.15) is 0 Å². The van der Waals surface area contributed by atoms with Crippen molar-refractivity contribution in [3.8, 4) is 0 Å². The lowest BCUT2D eigenvalue weighted by Crippen LogP contribution is -2.60. The van der Waals surface area contributed by atoms with Crippen molar-refractivity contribution in [2.75, 3.05) is 12.8 Å². The zero-order valence-electron chi connectivity index (χ0n) is 18.3. The first kappa shape index (κ1) is 26.4. The molecule has 0 aliphatic rings. The fraction of sp³-hybridized carbons (Fsp3) is 1.00. The molecule has 9 heteroatoms. The van der Waals surface area contributed by atoms with Gasteiger partial charge in [-0.25, -0.2) is 0 Å². The van der Waals surface area contributed by atoms with E-state index in [2.05, 4.69) is 39.7 Å². The second-order valence-corrected chi connectivity index (χ2v) is 20.1. The van der Waals surface area contributed by atoms with E-state index >= 15 is 0 Å². The molecule has 0 aromatic rings. The van der Waals surface area contributed by atoms with Crippen LogP contribution < -0.4 is 0 Å². The average molecular weight is 427 g/mol. The van der Waals surface area contributed by atoms with Gasteiger partial charge in [0.15, 0.2) is 0 Å². The topological polar surface area (TPSA) is 77.4 Å². The summed E-state index contributed by atoms with van der Waals surface area (Å²) in [5, 5.41) is 19.8. The third kappa shape index (κ3) is 9.56. The smallest absolute Gasteiger partial charge is 0.311 e. The van der Waals surface area contributed by atoms with Crippen molar-refractivity contribution in [3.05, 3.63) is 0 Å². The van der Waals surface area contributed by atoms with E-state index in [-0.39, 0.29) is 12.1 Å². The Bertz CT molecular complexity index is 406. The highest BCUT2D eigenvalue weighted by Crippen LogP contribution is 2.29. The summed E-state index contributed by atoms with van der Waals surface area (Å²) in [6.07, 6.45) is 2.52. The molecule has 0 spiro atoms. The molecule has 0 saturated carbocycles. The van der Waals surface area contributed by atoms with Gasteiger partial charge in [-0.05, 0) is 52.1 Å². The molecular formula is C17H42O6Si3. The molecule has 2 atom stereocenters. The van der Waals surface area contributed by atoms with E-state index in [4.69, 9.17) is 17.7 Å². The lowest BCUT2D eigenvalue weighted by atomic mass is 10.4. The van der Waals surface area contributed by atoms with Gasteiger partial charge < -0.3 is 27.9 Å². The summed E-state index contributed by atoms with van der Waals surface area (Å²) in [6.45, 7) is 19.0. The van der Waals surface area contributed by atoms with Crippen LogP contribution in [0.25, 0.3) is 0 Å². The fourth-order valence-corrected chi connectivity index (χ4v) is 18.2. The van der Waals surface area contributed by atoms with E-state index in [1.54, 1.807) is 6.92 Å². The molecule has 158 valence electrons. The maximum absolute atomic E-state index is 9.91. The van der Waals surface area contributed by atoms with Gasteiger partial charge in [0.05, 0.1) is 12.0 Å². The molecule has 0 rings (SSSR count). The monoisotopic (exact) mass is 426 g/mol. The Morgan fingerprint density at radius 2 is 1.50 bits per heavy atom. The molecule has 0 bridgehead atoms. The molecule has 26 heavy (non-hydrogen) atoms. The second-order valence-electron chi connectivity index (χ2n) is 8.16. The summed E-state index contributed by atoms with van der Waals surface area (Å²) in [7, 11) is -6.81. The highest BCUT2D eigenvalue weighted by atomic mass is 28.5. The largest absolute Gasteiger partial charge is 0.434 e. The van der Waals surface area contributed by atoms with Crippen molar-refractivity contribution in [1.82, 2.24) is 0 Å². The molecule has 0 aromatic heterocycles. The van der Waals surface area contributed by atoms with Crippen LogP contribution in [-0.4, -0.2) is 59.9 Å². The summed E-state index contributed by atoms with van der Waals surface area (Å²) in [5.41, 5.74) is -0.321. The van der Waals surface area contributed by atoms with Gasteiger partial charge in [0.2, 0.25) is 16.6 Å². The number of hydrogen-bond donors (Lipinski definition) is 2. The molecule has 2 N–H and O–H groups in total. The Morgan fingerprint density at radius 3 is 1.92 bits per heavy atom. The van der Waals surface area contributed by atoms with E-state index in [9.17, 15) is 10.2 Å². The van der Waals surface area contributed by atoms with Crippen LogP contribution in [0.15, 0.2) is 0 Å². The predicted octanol–water partition coefficient (Wildman–Crippen LogP) is 3.87. The van der Waals surface area contributed by atoms with Crippen molar-refractivity contribution in [2.45, 2.75) is 97.4 Å². The molecule has 0 aromatic carbocycles. The zero-order chi connectivity index (χ0) is 20.6. The molecule has 6 nitrogen and oxygen atoms in total. The van der Waals surface area contributed by atoms with E-state index in [1.807, 2.05) is 13.8 Å². The van der Waals surface area contributed by atoms with E-state index in [1.165, 1.54) is 0 Å². The maximum Gasteiger partial charge on any atom is 0.311 e. The van der Waals surface area contributed by atoms with Crippen LogP contribution in [0.4, 0.5) is 0 Å². The van der Waals surface area contributed by atoms with Crippen LogP contribution in [-0.2, 0) is 17.7 Å². The van der Waals surface area contributed by atoms with E-state index < -0.39 is 31.2 Å². The Kier molecular flexibility index (Phi) is 11.0. The van der Waals surface area contributed by atoms with Crippen molar-refractivity contribution in [3.63, 3.8) is 0 Å². The van der Waals surface area contributed by atoms with Crippen LogP contribution >= 0.6 is 0 Å². The summed E-state index contributed by atoms with van der Waals surface area (Å²) in [5.74, 6) is -2.11. The fourth-order valence-electron chi connectivity index (χ4n) is 3.34. The molecule has 0 aliphatic carbocycles. The molecule has 0 heterocycles. The van der Waals surface area contributed by atoms with Gasteiger partial charge in [-0.2, -0.15) is 0 Å². The summed E-state index contributed by atoms with van der Waals surface area (Å²) >= 11 is 0. The molecule has 0 aliphatic heterocycles. The number of rotatable bonds is 14. The van der Waals surface area contributed by atoms with Crippen molar-refractivity contribution in [1.29, 1.82) is 0 Å². The lowest BCUT2D eigenvalue weighted by molar-refractivity contribution is -0.347. The first-order valence-electron chi connectivity index (χ1n) is 9.87. The van der Waals surface area contributed by atoms with Gasteiger partial charge in [0.25, 0.3) is 5.97 Å². The predicted molar refractivity (Wildman–Crippen MR) is 113 cm³/mol. The van der Waals surface area contributed by atoms with Crippen molar-refractivity contribution >= 4 is 25.2 Å². The first-order chi connectivity index (χ1) is 11.8. The molecule has 0 fully saturated rings. The maximum atomic E-state index is 9.91. The van der Waals surface area contributed by atoms with Crippen molar-refractivity contribution in [2.24, 2.45) is 0 Å². The van der Waals surface area contributed by atoms with Crippen molar-refractivity contribution < 1.29 is 27.9 Å². The van der Waals surface area contributed by atoms with Crippen LogP contribution in [0.3, 0.4) is 0 Å². The molecule has 2 unspecified atom stereocenters. The highest BCUT2D eigenvalue weighted by molar-refractivity contribution is 6.88. The van der Waals surface area contributed by atoms with Crippen LogP contribution in [0, 0.1) is 0 Å². The molecule has 0 saturated heterocycles. The number of aliphatic hydroxyl groups is 2. The lowest BCUT2D eigenvalue weighted by Gasteiger charge is -2.43. The van der Waals surface area contributed by atoms with Crippen LogP contribution in [0.1, 0.15) is 47.0 Å². The van der Waals surface area contributed by atoms with Crippen LogP contribution in [0.2, 0.25) is 38.8 Å². The minimum atomic E-state index is -2.43. The van der Waals surface area contributed by atoms with Gasteiger partial charge in [-0.15, -0.1) is 0 Å². The average Bonchev–Trinajstić information content (AvgIpc) is 2.49. The standard InChI is InChI=1S/C17H42O6Si3/c1-10-14-26(9,15-20-13-4)23-25(7,8)22-24(5,6)16(11-2)21-17(18,19)12-3/h16,18-19H,10-15H2,1-9H3. The quantitative estimate of drug-likeness (QED) is 0.324. The Hall–Kier alpha value is 0.411. The van der Waals surface area contributed by atoms with Gasteiger partial charge in [0, 0.05) is 13.0 Å². The third-order valence-corrected chi connectivity index (χ3v) is 16.8. The highest BCUT2D eigenvalue weighted by Gasteiger charge is 2.46. The zero-order valence-corrected chi connectivity index (χ0v) is 21.3. The molecular weight excluding hydrogens is 384 g/mol. The second kappa shape index (κ2) is 10.8. The normalized spacial score (nSPS) is 17.2. The first-order valence-corrected chi connectivity index (χ1v) is 18.5. The third-order valence-electron chi connectivity index (χ3n) is 4.33. The molecule has 0 radical (unpaired) electrons. The summed E-state index contributed by atoms with van der Waals surface area (Å²) in [6, 6.07) is 1.04. The van der Waals surface area contributed by atoms with E-state index in [0.717, 1.165) is 12.5 Å². The minimum absolute atomic E-state index is 0.112. The van der Waals surface area contributed by atoms with E-state index in [0.29, 0.717) is 19.3 Å². The van der Waals surface area contributed by atoms with Gasteiger partial charge >= 0.3 is 8.56 Å². The minimum Gasteiger partial charge on any atom is -0.434 e. The Labute approximate surface area is 163 Å². The number of hydrogen-bond acceptors (Lipinski definition) is 6. The van der Waals surface area contributed by atoms with Gasteiger partial charge in [-0.3, -0.25) is 0 Å². The van der Waals surface area contributed by atoms with Crippen LogP contribution in [0.5, 0.6) is 0 Å². The molecule has 0 amide bonds. The summed E-state index contributed by atoms with van der Waals surface area (Å²) < 4.78 is 24.5. The van der Waals surface area contributed by atoms with Gasteiger partial charge in [-0.1, -0.05) is 27.2 Å². The Balaban J connectivity index is 5.21. The summed E-state index contributed by atoms with van der Waals surface area (Å²) in [4.78, 5) is 0. The SMILES string of the molecule is CCC[Si](C)(COCC)O[Si](C)(C)O[Si](C)(C)C(CC)OC(O)(O)CC. The number of ether oxygens (including phenoxy) is 2.